The average Bonchev–Trinajstić information content (AvgIpc) is 3.09. The van der Waals surface area contributed by atoms with Crippen LogP contribution in [0.2, 0.25) is 0 Å². The number of thiophene rings is 1. The maximum atomic E-state index is 6.11. The number of methoxy groups -OCH3 is 3. The normalized spacial score (nSPS) is 13.9. The fourth-order valence-electron chi connectivity index (χ4n) is 3.77. The molecular weight excluding hydrogens is 398 g/mol. The van der Waals surface area contributed by atoms with Crippen molar-refractivity contribution in [1.82, 2.24) is 4.90 Å². The van der Waals surface area contributed by atoms with Crippen LogP contribution >= 0.6 is 11.3 Å². The maximum Gasteiger partial charge on any atom is 0.165 e. The Balaban J connectivity index is 1.64. The van der Waals surface area contributed by atoms with Crippen molar-refractivity contribution in [3.05, 3.63) is 58.5 Å². The lowest BCUT2D eigenvalue weighted by atomic mass is 10.1. The third-order valence-electron chi connectivity index (χ3n) is 5.24. The first-order valence-corrected chi connectivity index (χ1v) is 10.8. The molecule has 2 aromatic carbocycles. The molecular formula is C24H27NO4S. The van der Waals surface area contributed by atoms with Gasteiger partial charge in [-0.2, -0.15) is 0 Å². The van der Waals surface area contributed by atoms with Gasteiger partial charge in [-0.15, -0.1) is 11.3 Å². The van der Waals surface area contributed by atoms with Crippen LogP contribution in [0.5, 0.6) is 23.0 Å². The molecule has 1 aromatic heterocycles. The molecule has 0 unspecified atom stereocenters. The zero-order chi connectivity index (χ0) is 21.1. The molecule has 1 aliphatic rings. The summed E-state index contributed by atoms with van der Waals surface area (Å²) in [5, 5.41) is 0. The van der Waals surface area contributed by atoms with Crippen LogP contribution in [-0.2, 0) is 13.1 Å². The first-order valence-electron chi connectivity index (χ1n) is 9.94. The van der Waals surface area contributed by atoms with Gasteiger partial charge >= 0.3 is 0 Å². The predicted molar refractivity (Wildman–Crippen MR) is 120 cm³/mol. The monoisotopic (exact) mass is 425 g/mol. The van der Waals surface area contributed by atoms with Crippen LogP contribution in [0.1, 0.15) is 16.0 Å². The van der Waals surface area contributed by atoms with Gasteiger partial charge in [-0.1, -0.05) is 0 Å². The minimum Gasteiger partial charge on any atom is -0.497 e. The molecule has 0 amide bonds. The molecule has 0 aliphatic carbocycles. The van der Waals surface area contributed by atoms with Crippen molar-refractivity contribution in [1.29, 1.82) is 0 Å². The van der Waals surface area contributed by atoms with Gasteiger partial charge in [0.1, 0.15) is 18.1 Å². The Morgan fingerprint density at radius 3 is 2.37 bits per heavy atom. The van der Waals surface area contributed by atoms with Crippen molar-refractivity contribution in [3.63, 3.8) is 0 Å². The van der Waals surface area contributed by atoms with Crippen molar-refractivity contribution in [2.75, 3.05) is 34.5 Å². The number of ether oxygens (including phenoxy) is 4. The summed E-state index contributed by atoms with van der Waals surface area (Å²) in [5.41, 5.74) is 3.45. The summed E-state index contributed by atoms with van der Waals surface area (Å²) in [5.74, 6) is 3.24. The minimum absolute atomic E-state index is 0.613. The van der Waals surface area contributed by atoms with Crippen LogP contribution < -0.4 is 18.9 Å². The zero-order valence-corrected chi connectivity index (χ0v) is 18.7. The lowest BCUT2D eigenvalue weighted by Gasteiger charge is -2.20. The number of benzene rings is 2. The van der Waals surface area contributed by atoms with Crippen LogP contribution in [0.3, 0.4) is 0 Å². The molecule has 3 aromatic rings. The predicted octanol–water partition coefficient (Wildman–Crippen LogP) is 5.14. The van der Waals surface area contributed by atoms with E-state index in [9.17, 15) is 0 Å². The van der Waals surface area contributed by atoms with Gasteiger partial charge in [-0.25, -0.2) is 0 Å². The topological polar surface area (TPSA) is 40.2 Å². The summed E-state index contributed by atoms with van der Waals surface area (Å²) in [6, 6.07) is 14.6. The Kier molecular flexibility index (Phi) is 6.16. The molecule has 0 bridgehead atoms. The average molecular weight is 426 g/mol. The van der Waals surface area contributed by atoms with E-state index in [4.69, 9.17) is 18.9 Å². The SMILES string of the molecule is COc1cc(CN2CCOc3c(cc(-c4ccc(C)s4)cc3OC)C2)cc(OC)c1. The van der Waals surface area contributed by atoms with Crippen molar-refractivity contribution >= 4 is 11.3 Å². The standard InChI is InChI=1S/C24H27NO4S/c1-16-5-6-23(30-16)18-11-19-15-25(7-8-29-24(19)22(12-18)28-4)14-17-9-20(26-2)13-21(10-17)27-3/h5-6,9-13H,7-8,14-15H2,1-4H3. The van der Waals surface area contributed by atoms with E-state index in [1.165, 1.54) is 9.75 Å². The summed E-state index contributed by atoms with van der Waals surface area (Å²) >= 11 is 1.79. The summed E-state index contributed by atoms with van der Waals surface area (Å²) in [6.45, 7) is 5.12. The van der Waals surface area contributed by atoms with E-state index in [-0.39, 0.29) is 0 Å². The van der Waals surface area contributed by atoms with E-state index in [0.717, 1.165) is 59.3 Å². The molecule has 158 valence electrons. The van der Waals surface area contributed by atoms with Gasteiger partial charge in [0.2, 0.25) is 0 Å². The highest BCUT2D eigenvalue weighted by Crippen LogP contribution is 2.40. The number of hydrogen-bond acceptors (Lipinski definition) is 6. The Hall–Kier alpha value is -2.70. The second kappa shape index (κ2) is 8.98. The molecule has 5 nitrogen and oxygen atoms in total. The molecule has 2 heterocycles. The highest BCUT2D eigenvalue weighted by Gasteiger charge is 2.21. The lowest BCUT2D eigenvalue weighted by molar-refractivity contribution is 0.216. The van der Waals surface area contributed by atoms with Gasteiger partial charge < -0.3 is 18.9 Å². The second-order valence-electron chi connectivity index (χ2n) is 7.36. The van der Waals surface area contributed by atoms with Crippen LogP contribution in [0.25, 0.3) is 10.4 Å². The molecule has 1 aliphatic heterocycles. The summed E-state index contributed by atoms with van der Waals surface area (Å²) in [7, 11) is 5.05. The molecule has 0 spiro atoms. The van der Waals surface area contributed by atoms with Crippen LogP contribution in [0, 0.1) is 6.92 Å². The fourth-order valence-corrected chi connectivity index (χ4v) is 4.63. The van der Waals surface area contributed by atoms with Gasteiger partial charge in [-0.05, 0) is 54.4 Å². The highest BCUT2D eigenvalue weighted by molar-refractivity contribution is 7.15. The van der Waals surface area contributed by atoms with E-state index in [0.29, 0.717) is 6.61 Å². The van der Waals surface area contributed by atoms with Crippen molar-refractivity contribution < 1.29 is 18.9 Å². The highest BCUT2D eigenvalue weighted by atomic mass is 32.1. The van der Waals surface area contributed by atoms with E-state index < -0.39 is 0 Å². The molecule has 0 N–H and O–H groups in total. The smallest absolute Gasteiger partial charge is 0.165 e. The lowest BCUT2D eigenvalue weighted by Crippen LogP contribution is -2.25. The van der Waals surface area contributed by atoms with Crippen LogP contribution in [0.15, 0.2) is 42.5 Å². The Morgan fingerprint density at radius 2 is 1.73 bits per heavy atom. The van der Waals surface area contributed by atoms with Crippen molar-refractivity contribution in [3.8, 4) is 33.4 Å². The number of hydrogen-bond donors (Lipinski definition) is 0. The Bertz CT molecular complexity index is 1010. The summed E-state index contributed by atoms with van der Waals surface area (Å²) < 4.78 is 22.6. The van der Waals surface area contributed by atoms with Gasteiger partial charge in [0.15, 0.2) is 11.5 Å². The number of aryl methyl sites for hydroxylation is 1. The third-order valence-corrected chi connectivity index (χ3v) is 6.29. The summed E-state index contributed by atoms with van der Waals surface area (Å²) in [6.07, 6.45) is 0. The molecule has 0 saturated carbocycles. The van der Waals surface area contributed by atoms with E-state index in [2.05, 4.69) is 48.2 Å². The van der Waals surface area contributed by atoms with Crippen LogP contribution in [-0.4, -0.2) is 39.4 Å². The van der Waals surface area contributed by atoms with E-state index >= 15 is 0 Å². The van der Waals surface area contributed by atoms with Gasteiger partial charge in [0, 0.05) is 41.0 Å². The minimum atomic E-state index is 0.613. The van der Waals surface area contributed by atoms with Crippen molar-refractivity contribution in [2.24, 2.45) is 0 Å². The first kappa shape index (κ1) is 20.6. The number of rotatable bonds is 6. The van der Waals surface area contributed by atoms with E-state index in [1.807, 2.05) is 6.07 Å². The third kappa shape index (κ3) is 4.40. The number of fused-ring (bicyclic) bond motifs is 1. The zero-order valence-electron chi connectivity index (χ0n) is 17.9. The Labute approximate surface area is 181 Å². The first-order chi connectivity index (χ1) is 14.6. The Morgan fingerprint density at radius 1 is 0.967 bits per heavy atom. The molecule has 0 fully saturated rings. The molecule has 0 radical (unpaired) electrons. The molecule has 6 heteroatoms. The van der Waals surface area contributed by atoms with Gasteiger partial charge in [0.25, 0.3) is 0 Å². The number of nitrogens with zero attached hydrogens (tertiary/aromatic N) is 1. The fraction of sp³-hybridized carbons (Fsp3) is 0.333. The second-order valence-corrected chi connectivity index (χ2v) is 8.64. The van der Waals surface area contributed by atoms with Crippen LogP contribution in [0.4, 0.5) is 0 Å². The van der Waals surface area contributed by atoms with Gasteiger partial charge in [-0.3, -0.25) is 4.90 Å². The molecule has 0 saturated heterocycles. The summed E-state index contributed by atoms with van der Waals surface area (Å²) in [4.78, 5) is 4.91. The molecule has 0 atom stereocenters. The van der Waals surface area contributed by atoms with Crippen molar-refractivity contribution in [2.45, 2.75) is 20.0 Å². The molecule has 30 heavy (non-hydrogen) atoms. The largest absolute Gasteiger partial charge is 0.497 e. The molecule has 4 rings (SSSR count). The quantitative estimate of drug-likeness (QED) is 0.547. The van der Waals surface area contributed by atoms with Gasteiger partial charge in [0.05, 0.1) is 21.3 Å². The maximum absolute atomic E-state index is 6.11. The van der Waals surface area contributed by atoms with E-state index in [1.54, 1.807) is 32.7 Å².